The van der Waals surface area contributed by atoms with Crippen molar-refractivity contribution < 1.29 is 53.6 Å². The minimum Gasteiger partial charge on any atom is -0.481 e. The highest BCUT2D eigenvalue weighted by molar-refractivity contribution is 5.86. The van der Waals surface area contributed by atoms with Gasteiger partial charge in [0, 0.05) is 45.4 Å². The summed E-state index contributed by atoms with van der Waals surface area (Å²) in [4.78, 5) is 84.6. The van der Waals surface area contributed by atoms with Crippen LogP contribution in [0.25, 0.3) is 0 Å². The molecular weight excluding hydrogens is 606 g/mol. The van der Waals surface area contributed by atoms with E-state index in [0.717, 1.165) is 5.56 Å². The number of hydrogen-bond acceptors (Lipinski definition) is 9. The topological polar surface area (TPSA) is 241 Å². The molecule has 0 aromatic heterocycles. The Hall–Kier alpha value is -4.73. The van der Waals surface area contributed by atoms with Gasteiger partial charge in [0.2, 0.25) is 17.7 Å². The van der Waals surface area contributed by atoms with Gasteiger partial charge in [0.15, 0.2) is 0 Å². The van der Waals surface area contributed by atoms with Gasteiger partial charge >= 0.3 is 24.0 Å². The Morgan fingerprint density at radius 2 is 1.11 bits per heavy atom. The van der Waals surface area contributed by atoms with Crippen LogP contribution < -0.4 is 21.3 Å². The van der Waals surface area contributed by atoms with E-state index >= 15 is 0 Å². The molecule has 4 amide bonds. The molecule has 16 nitrogen and oxygen atoms in total. The van der Waals surface area contributed by atoms with Crippen molar-refractivity contribution >= 4 is 41.7 Å². The molecule has 1 aromatic carbocycles. The molecule has 46 heavy (non-hydrogen) atoms. The number of ether oxygens (including phenoxy) is 1. The smallest absolute Gasteiger partial charge is 0.407 e. The number of carboxylic acids is 3. The van der Waals surface area contributed by atoms with Crippen molar-refractivity contribution in [3.63, 3.8) is 0 Å². The molecule has 0 aliphatic heterocycles. The van der Waals surface area contributed by atoms with Gasteiger partial charge < -0.3 is 41.3 Å². The predicted molar refractivity (Wildman–Crippen MR) is 163 cm³/mol. The van der Waals surface area contributed by atoms with Gasteiger partial charge in [-0.3, -0.25) is 33.7 Å². The third kappa shape index (κ3) is 20.3. The summed E-state index contributed by atoms with van der Waals surface area (Å²) in [6.07, 6.45) is 0.425. The van der Waals surface area contributed by atoms with E-state index in [1.165, 1.54) is 4.90 Å². The molecule has 0 saturated heterocycles. The van der Waals surface area contributed by atoms with Gasteiger partial charge in [-0.25, -0.2) is 4.79 Å². The predicted octanol–water partition coefficient (Wildman–Crippen LogP) is 0.697. The number of carbonyl (C=O) groups is 7. The minimum atomic E-state index is -1.03. The Morgan fingerprint density at radius 1 is 0.630 bits per heavy atom. The average Bonchev–Trinajstić information content (AvgIpc) is 3.00. The lowest BCUT2D eigenvalue weighted by atomic mass is 10.1. The van der Waals surface area contributed by atoms with E-state index in [-0.39, 0.29) is 90.8 Å². The molecule has 7 N–H and O–H groups in total. The lowest BCUT2D eigenvalue weighted by Gasteiger charge is -2.30. The molecule has 0 spiro atoms. The second-order valence-electron chi connectivity index (χ2n) is 10.4. The molecule has 0 radical (unpaired) electrons. The number of aliphatic carboxylic acids is 3. The highest BCUT2D eigenvalue weighted by Gasteiger charge is 2.29. The maximum atomic E-state index is 13.3. The van der Waals surface area contributed by atoms with Crippen LogP contribution in [0.5, 0.6) is 0 Å². The number of benzene rings is 1. The van der Waals surface area contributed by atoms with Gasteiger partial charge in [-0.15, -0.1) is 0 Å². The molecule has 1 atom stereocenters. The molecule has 1 rings (SSSR count). The Kier molecular flexibility index (Phi) is 20.2. The third-order valence-corrected chi connectivity index (χ3v) is 6.47. The van der Waals surface area contributed by atoms with Crippen molar-refractivity contribution in [1.29, 1.82) is 0 Å². The Morgan fingerprint density at radius 3 is 1.61 bits per heavy atom. The van der Waals surface area contributed by atoms with Crippen molar-refractivity contribution in [3.8, 4) is 0 Å². The fourth-order valence-corrected chi connectivity index (χ4v) is 4.17. The molecule has 0 aliphatic carbocycles. The van der Waals surface area contributed by atoms with Gasteiger partial charge in [0.05, 0.1) is 19.1 Å². The third-order valence-electron chi connectivity index (χ3n) is 6.47. The van der Waals surface area contributed by atoms with E-state index in [1.54, 1.807) is 0 Å². The number of unbranched alkanes of at least 4 members (excludes halogenated alkanes) is 1. The van der Waals surface area contributed by atoms with E-state index in [0.29, 0.717) is 12.8 Å². The number of rotatable bonds is 25. The first kappa shape index (κ1) is 39.3. The summed E-state index contributed by atoms with van der Waals surface area (Å²) < 4.78 is 5.18. The second kappa shape index (κ2) is 23.6. The fraction of sp³-hybridized carbons (Fsp3) is 0.567. The molecule has 0 heterocycles. The highest BCUT2D eigenvalue weighted by Crippen LogP contribution is 2.11. The summed E-state index contributed by atoms with van der Waals surface area (Å²) in [5, 5.41) is 37.0. The van der Waals surface area contributed by atoms with Crippen LogP contribution in [0, 0.1) is 0 Å². The molecule has 16 heteroatoms. The number of alkyl carbamates (subject to hydrolysis) is 1. The first-order valence-electron chi connectivity index (χ1n) is 15.1. The average molecular weight is 652 g/mol. The van der Waals surface area contributed by atoms with Gasteiger partial charge in [-0.05, 0) is 44.1 Å². The van der Waals surface area contributed by atoms with Crippen LogP contribution >= 0.6 is 0 Å². The molecule has 0 fully saturated rings. The van der Waals surface area contributed by atoms with Crippen molar-refractivity contribution in [2.45, 2.75) is 70.4 Å². The van der Waals surface area contributed by atoms with Crippen LogP contribution in [0.3, 0.4) is 0 Å². The quantitative estimate of drug-likeness (QED) is 0.0723. The summed E-state index contributed by atoms with van der Waals surface area (Å²) >= 11 is 0. The van der Waals surface area contributed by atoms with Gasteiger partial charge in [-0.1, -0.05) is 30.3 Å². The van der Waals surface area contributed by atoms with Crippen LogP contribution in [0.15, 0.2) is 30.3 Å². The van der Waals surface area contributed by atoms with Crippen molar-refractivity contribution in [2.24, 2.45) is 0 Å². The van der Waals surface area contributed by atoms with Gasteiger partial charge in [-0.2, -0.15) is 0 Å². The summed E-state index contributed by atoms with van der Waals surface area (Å²) in [6.45, 7) is -0.249. The molecule has 0 aliphatic rings. The monoisotopic (exact) mass is 651 g/mol. The van der Waals surface area contributed by atoms with Crippen molar-refractivity contribution in [1.82, 2.24) is 26.2 Å². The Labute approximate surface area is 267 Å². The zero-order valence-corrected chi connectivity index (χ0v) is 25.8. The molecule has 1 aromatic rings. The minimum absolute atomic E-state index is 0.0487. The standard InChI is InChI=1S/C30H45N5O11/c36-24(31-16-6-12-26(38)39)19-35(20-25(37)32-17-7-13-27(40)41)23(29(44)33-18-8-14-28(42)43)11-4-5-15-34-30(45)46-21-22-9-2-1-3-10-22/h1-3,9-10,23H,4-8,11-21H2,(H,31,36)(H,32,37)(H,33,44)(H,34,45)(H,38,39)(H,40,41)(H,42,43). The van der Waals surface area contributed by atoms with Crippen LogP contribution in [-0.2, 0) is 40.1 Å². The fourth-order valence-electron chi connectivity index (χ4n) is 4.17. The van der Waals surface area contributed by atoms with Crippen LogP contribution in [-0.4, -0.2) is 107 Å². The van der Waals surface area contributed by atoms with E-state index in [2.05, 4.69) is 21.3 Å². The molecule has 1 unspecified atom stereocenters. The number of amides is 4. The number of hydrogen-bond donors (Lipinski definition) is 7. The second-order valence-corrected chi connectivity index (χ2v) is 10.4. The molecule has 0 bridgehead atoms. The number of nitrogens with zero attached hydrogens (tertiary/aromatic N) is 1. The van der Waals surface area contributed by atoms with Crippen LogP contribution in [0.1, 0.15) is 63.4 Å². The SMILES string of the molecule is O=C(O)CCCNC(=O)CN(CC(=O)NCCCC(=O)O)C(CCCCNC(=O)OCc1ccccc1)C(=O)NCCCC(=O)O. The molecule has 0 saturated carbocycles. The summed E-state index contributed by atoms with van der Waals surface area (Å²) in [6, 6.07) is 8.13. The zero-order valence-electron chi connectivity index (χ0n) is 25.8. The van der Waals surface area contributed by atoms with Crippen LogP contribution in [0.4, 0.5) is 4.79 Å². The van der Waals surface area contributed by atoms with Crippen molar-refractivity contribution in [3.05, 3.63) is 35.9 Å². The maximum Gasteiger partial charge on any atom is 0.407 e. The number of carbonyl (C=O) groups excluding carboxylic acids is 4. The molecule has 256 valence electrons. The van der Waals surface area contributed by atoms with Crippen LogP contribution in [0.2, 0.25) is 0 Å². The molecular formula is C30H45N5O11. The van der Waals surface area contributed by atoms with E-state index in [9.17, 15) is 33.6 Å². The van der Waals surface area contributed by atoms with E-state index in [4.69, 9.17) is 20.1 Å². The summed E-state index contributed by atoms with van der Waals surface area (Å²) in [5.41, 5.74) is 0.826. The normalized spacial score (nSPS) is 11.2. The van der Waals surface area contributed by atoms with E-state index < -0.39 is 47.8 Å². The first-order chi connectivity index (χ1) is 22.0. The van der Waals surface area contributed by atoms with Gasteiger partial charge in [0.1, 0.15) is 6.61 Å². The van der Waals surface area contributed by atoms with E-state index in [1.807, 2.05) is 30.3 Å². The zero-order chi connectivity index (χ0) is 34.2. The Bertz CT molecular complexity index is 1100. The summed E-state index contributed by atoms with van der Waals surface area (Å²) in [5.74, 6) is -4.69. The Balaban J connectivity index is 2.87. The largest absolute Gasteiger partial charge is 0.481 e. The first-order valence-corrected chi connectivity index (χ1v) is 15.1. The maximum absolute atomic E-state index is 13.3. The van der Waals surface area contributed by atoms with Gasteiger partial charge in [0.25, 0.3) is 0 Å². The van der Waals surface area contributed by atoms with Crippen molar-refractivity contribution in [2.75, 3.05) is 39.3 Å². The number of nitrogens with one attached hydrogen (secondary N) is 4. The lowest BCUT2D eigenvalue weighted by molar-refractivity contribution is -0.138. The number of carboxylic acid groups (broad SMARTS) is 3. The summed E-state index contributed by atoms with van der Waals surface area (Å²) in [7, 11) is 0. The lowest BCUT2D eigenvalue weighted by Crippen LogP contribution is -2.53. The highest BCUT2D eigenvalue weighted by atomic mass is 16.5.